The van der Waals surface area contributed by atoms with Gasteiger partial charge in [-0.25, -0.2) is 22.0 Å². The van der Waals surface area contributed by atoms with Gasteiger partial charge in [-0.2, -0.15) is 0 Å². The maximum atomic E-state index is 15.0. The number of nitrogens with one attached hydrogen (secondary N) is 1. The molecular weight excluding hydrogens is 353 g/mol. The lowest BCUT2D eigenvalue weighted by Gasteiger charge is -2.30. The number of furan rings is 1. The van der Waals surface area contributed by atoms with Crippen molar-refractivity contribution in [3.8, 4) is 0 Å². The first kappa shape index (κ1) is 19.0. The minimum absolute atomic E-state index is 0.330. The van der Waals surface area contributed by atoms with E-state index in [4.69, 9.17) is 4.42 Å². The first-order chi connectivity index (χ1) is 10.9. The van der Waals surface area contributed by atoms with Crippen molar-refractivity contribution in [1.29, 1.82) is 0 Å². The summed E-state index contributed by atoms with van der Waals surface area (Å²) in [5.41, 5.74) is -1.00. The van der Waals surface area contributed by atoms with Gasteiger partial charge in [-0.1, -0.05) is 4.72 Å². The first-order valence-electron chi connectivity index (χ1n) is 6.94. The molecule has 134 valence electrons. The van der Waals surface area contributed by atoms with E-state index in [1.807, 2.05) is 0 Å². The van der Waals surface area contributed by atoms with Crippen molar-refractivity contribution in [3.05, 3.63) is 35.1 Å². The average molecular weight is 369 g/mol. The molecule has 9 heteroatoms. The Morgan fingerprint density at radius 2 is 1.71 bits per heavy atom. The van der Waals surface area contributed by atoms with Crippen molar-refractivity contribution in [2.75, 3.05) is 0 Å². The van der Waals surface area contributed by atoms with Crippen LogP contribution in [0.25, 0.3) is 11.0 Å². The number of halogens is 5. The van der Waals surface area contributed by atoms with Gasteiger partial charge in [0.05, 0.1) is 5.39 Å². The summed E-state index contributed by atoms with van der Waals surface area (Å²) in [7, 11) is 0. The fraction of sp³-hybridized carbons (Fsp3) is 0.467. The molecule has 2 unspecified atom stereocenters. The third-order valence-electron chi connectivity index (χ3n) is 3.41. The third kappa shape index (κ3) is 3.12. The Morgan fingerprint density at radius 1 is 1.17 bits per heavy atom. The quantitative estimate of drug-likeness (QED) is 0.492. The summed E-state index contributed by atoms with van der Waals surface area (Å²) in [6, 6.07) is 1.53. The van der Waals surface area contributed by atoms with Crippen molar-refractivity contribution >= 4 is 22.3 Å². The molecule has 0 radical (unpaired) electrons. The fourth-order valence-corrected chi connectivity index (χ4v) is 2.86. The summed E-state index contributed by atoms with van der Waals surface area (Å²) in [6.45, 7) is 5.48. The predicted octanol–water partition coefficient (Wildman–Crippen LogP) is 4.46. The van der Waals surface area contributed by atoms with Crippen LogP contribution in [0.3, 0.4) is 0 Å². The number of aryl methyl sites for hydroxylation is 1. The van der Waals surface area contributed by atoms with Gasteiger partial charge >= 0.3 is 5.79 Å². The Bertz CT molecular complexity index is 758. The second-order valence-electron chi connectivity index (χ2n) is 6.29. The highest BCUT2D eigenvalue weighted by Gasteiger charge is 2.52. The molecule has 0 aliphatic carbocycles. The number of hydrogen-bond donors (Lipinski definition) is 1. The molecule has 3 nitrogen and oxygen atoms in total. The molecule has 0 aliphatic rings. The molecule has 1 aromatic carbocycles. The van der Waals surface area contributed by atoms with Gasteiger partial charge in [0.25, 0.3) is 6.43 Å². The van der Waals surface area contributed by atoms with Crippen molar-refractivity contribution in [3.63, 3.8) is 0 Å². The van der Waals surface area contributed by atoms with Crippen molar-refractivity contribution < 1.29 is 30.9 Å². The van der Waals surface area contributed by atoms with Gasteiger partial charge in [0.2, 0.25) is 0 Å². The highest BCUT2D eigenvalue weighted by atomic mass is 32.2. The van der Waals surface area contributed by atoms with Gasteiger partial charge in [-0.05, 0) is 39.8 Å². The van der Waals surface area contributed by atoms with Crippen LogP contribution in [-0.2, 0) is 17.2 Å². The second-order valence-corrected chi connectivity index (χ2v) is 8.25. The molecule has 0 aliphatic heterocycles. The largest absolute Gasteiger partial charge is 0.598 e. The zero-order chi connectivity index (χ0) is 18.4. The number of hydrogen-bond acceptors (Lipinski definition) is 3. The Hall–Kier alpha value is -1.32. The number of alkyl halides is 3. The van der Waals surface area contributed by atoms with Crippen LogP contribution in [-0.4, -0.2) is 15.7 Å². The predicted molar refractivity (Wildman–Crippen MR) is 80.7 cm³/mol. The van der Waals surface area contributed by atoms with Crippen molar-refractivity contribution in [2.24, 2.45) is 0 Å². The van der Waals surface area contributed by atoms with E-state index in [1.54, 1.807) is 4.72 Å². The van der Waals surface area contributed by atoms with Crippen molar-refractivity contribution in [2.45, 2.75) is 44.7 Å². The maximum Gasteiger partial charge on any atom is 0.318 e. The lowest BCUT2D eigenvalue weighted by Crippen LogP contribution is -2.52. The minimum Gasteiger partial charge on any atom is -0.598 e. The summed E-state index contributed by atoms with van der Waals surface area (Å²) < 4.78 is 87.0. The third-order valence-corrected chi connectivity index (χ3v) is 5.00. The Labute approximate surface area is 138 Å². The zero-order valence-corrected chi connectivity index (χ0v) is 14.2. The molecule has 2 atom stereocenters. The highest BCUT2D eigenvalue weighted by Crippen LogP contribution is 2.40. The Morgan fingerprint density at radius 3 is 2.17 bits per heavy atom. The van der Waals surface area contributed by atoms with Crippen LogP contribution < -0.4 is 4.72 Å². The number of benzene rings is 1. The van der Waals surface area contributed by atoms with Crippen LogP contribution >= 0.6 is 0 Å². The number of rotatable bonds is 4. The molecule has 0 bridgehead atoms. The summed E-state index contributed by atoms with van der Waals surface area (Å²) >= 11 is -2.22. The van der Waals surface area contributed by atoms with Crippen LogP contribution in [0.1, 0.15) is 32.1 Å². The molecule has 0 amide bonds. The van der Waals surface area contributed by atoms with Crippen LogP contribution in [0.15, 0.2) is 16.5 Å². The van der Waals surface area contributed by atoms with Gasteiger partial charge in [-0.3, -0.25) is 0 Å². The molecule has 2 aromatic rings. The van der Waals surface area contributed by atoms with Gasteiger partial charge in [0.1, 0.15) is 10.6 Å². The summed E-state index contributed by atoms with van der Waals surface area (Å²) in [4.78, 5) is 0. The second kappa shape index (κ2) is 6.20. The molecular formula is C15H16F5NO2S. The lowest BCUT2D eigenvalue weighted by atomic mass is 10.1. The molecule has 1 heterocycles. The number of fused-ring (bicyclic) bond motifs is 1. The van der Waals surface area contributed by atoms with E-state index in [9.17, 15) is 26.5 Å². The topological polar surface area (TPSA) is 48.2 Å². The molecule has 0 fully saturated rings. The normalized spacial score (nSPS) is 16.6. The van der Waals surface area contributed by atoms with Crippen LogP contribution in [0.2, 0.25) is 0 Å². The van der Waals surface area contributed by atoms with E-state index in [1.165, 1.54) is 20.8 Å². The molecule has 24 heavy (non-hydrogen) atoms. The van der Waals surface area contributed by atoms with E-state index in [2.05, 4.69) is 0 Å². The molecule has 1 aromatic heterocycles. The molecule has 0 saturated heterocycles. The minimum atomic E-state index is -3.69. The molecule has 2 rings (SSSR count). The molecule has 1 N–H and O–H groups in total. The van der Waals surface area contributed by atoms with E-state index >= 15 is 0 Å². The van der Waals surface area contributed by atoms with Gasteiger partial charge < -0.3 is 8.97 Å². The fourth-order valence-electron chi connectivity index (χ4n) is 2.10. The summed E-state index contributed by atoms with van der Waals surface area (Å²) in [5, 5.41) is -0.434. The first-order valence-corrected chi connectivity index (χ1v) is 8.09. The maximum absolute atomic E-state index is 15.0. The zero-order valence-electron chi connectivity index (χ0n) is 13.3. The van der Waals surface area contributed by atoms with Gasteiger partial charge in [0.15, 0.2) is 17.2 Å². The lowest BCUT2D eigenvalue weighted by molar-refractivity contribution is -0.0607. The molecule has 0 spiro atoms. The van der Waals surface area contributed by atoms with Crippen molar-refractivity contribution in [1.82, 2.24) is 4.72 Å². The van der Waals surface area contributed by atoms with Gasteiger partial charge in [0, 0.05) is 16.9 Å². The Kier molecular flexibility index (Phi) is 4.91. The highest BCUT2D eigenvalue weighted by molar-refractivity contribution is 7.90. The van der Waals surface area contributed by atoms with E-state index < -0.39 is 56.7 Å². The van der Waals surface area contributed by atoms with Crippen LogP contribution in [0, 0.1) is 18.6 Å². The standard InChI is InChI=1S/C15H16F5NO2S/c1-7-10-8(16)5-6-9(17)11(10)23-12(7)15(20,13(18)19)21-24(22)14(2,3)4/h5-6,13,21H,1-4H3. The van der Waals surface area contributed by atoms with E-state index in [0.717, 1.165) is 19.1 Å². The SMILES string of the molecule is Cc1c(C(F)(N[S+]([O-])C(C)(C)C)C(F)F)oc2c(F)ccc(F)c12. The van der Waals surface area contributed by atoms with Crippen LogP contribution in [0.5, 0.6) is 0 Å². The van der Waals surface area contributed by atoms with Gasteiger partial charge in [-0.15, -0.1) is 0 Å². The summed E-state index contributed by atoms with van der Waals surface area (Å²) in [5.74, 6) is -6.63. The monoisotopic (exact) mass is 369 g/mol. The average Bonchev–Trinajstić information content (AvgIpc) is 2.81. The van der Waals surface area contributed by atoms with E-state index in [0.29, 0.717) is 0 Å². The smallest absolute Gasteiger partial charge is 0.318 e. The summed E-state index contributed by atoms with van der Waals surface area (Å²) in [6.07, 6.45) is -3.69. The molecule has 0 saturated carbocycles. The van der Waals surface area contributed by atoms with E-state index in [-0.39, 0.29) is 5.56 Å². The van der Waals surface area contributed by atoms with Crippen LogP contribution in [0.4, 0.5) is 22.0 Å². The Balaban J connectivity index is 2.65.